The van der Waals surface area contributed by atoms with E-state index in [1.54, 1.807) is 0 Å². The fraction of sp³-hybridized carbons (Fsp3) is 0.556. The zero-order valence-electron chi connectivity index (χ0n) is 13.3. The highest BCUT2D eigenvalue weighted by atomic mass is 35.5. The molecule has 3 rings (SSSR count). The maximum atomic E-state index is 12.3. The Labute approximate surface area is 142 Å². The molecule has 1 aromatic rings. The highest BCUT2D eigenvalue weighted by molar-refractivity contribution is 6.30. The van der Waals surface area contributed by atoms with Crippen molar-refractivity contribution in [2.45, 2.75) is 38.6 Å². The second-order valence-corrected chi connectivity index (χ2v) is 7.01. The van der Waals surface area contributed by atoms with Gasteiger partial charge in [0.05, 0.1) is 0 Å². The molecule has 0 unspecified atom stereocenters. The van der Waals surface area contributed by atoms with Crippen molar-refractivity contribution in [1.29, 1.82) is 0 Å². The molecule has 5 heteroatoms. The van der Waals surface area contributed by atoms with E-state index < -0.39 is 0 Å². The first-order valence-corrected chi connectivity index (χ1v) is 8.82. The van der Waals surface area contributed by atoms with E-state index in [2.05, 4.69) is 5.32 Å². The van der Waals surface area contributed by atoms with Crippen LogP contribution in [0.5, 0.6) is 0 Å². The minimum absolute atomic E-state index is 0.0211. The highest BCUT2D eigenvalue weighted by Crippen LogP contribution is 2.30. The molecule has 1 heterocycles. The van der Waals surface area contributed by atoms with E-state index in [1.807, 2.05) is 29.2 Å². The van der Waals surface area contributed by atoms with Crippen LogP contribution in [0.1, 0.15) is 37.7 Å². The molecule has 4 nitrogen and oxygen atoms in total. The predicted octanol–water partition coefficient (Wildman–Crippen LogP) is 2.99. The standard InChI is InChI=1S/C18H23ClN2O2/c19-16-6-4-13(5-7-16)12-20-17(22)14-8-10-21(11-9-14)18(23)15-2-1-3-15/h4-7,14-15H,1-3,8-12H2,(H,20,22). The molecule has 1 aliphatic heterocycles. The van der Waals surface area contributed by atoms with E-state index in [4.69, 9.17) is 11.6 Å². The van der Waals surface area contributed by atoms with Gasteiger partial charge >= 0.3 is 0 Å². The molecule has 0 bridgehead atoms. The Hall–Kier alpha value is -1.55. The van der Waals surface area contributed by atoms with E-state index in [0.717, 1.165) is 31.2 Å². The van der Waals surface area contributed by atoms with E-state index in [1.165, 1.54) is 6.42 Å². The molecule has 1 saturated carbocycles. The fourth-order valence-corrected chi connectivity index (χ4v) is 3.34. The van der Waals surface area contributed by atoms with Crippen LogP contribution >= 0.6 is 11.6 Å². The normalized spacial score (nSPS) is 19.3. The fourth-order valence-electron chi connectivity index (χ4n) is 3.21. The second kappa shape index (κ2) is 7.35. The van der Waals surface area contributed by atoms with Gasteiger partial charge in [-0.1, -0.05) is 30.2 Å². The lowest BCUT2D eigenvalue weighted by Crippen LogP contribution is -2.46. The molecule has 124 valence electrons. The number of rotatable bonds is 4. The molecule has 2 fully saturated rings. The van der Waals surface area contributed by atoms with Gasteiger partial charge in [-0.3, -0.25) is 9.59 Å². The number of hydrogen-bond acceptors (Lipinski definition) is 2. The van der Waals surface area contributed by atoms with Crippen molar-refractivity contribution < 1.29 is 9.59 Å². The molecular weight excluding hydrogens is 312 g/mol. The monoisotopic (exact) mass is 334 g/mol. The lowest BCUT2D eigenvalue weighted by Gasteiger charge is -2.36. The summed E-state index contributed by atoms with van der Waals surface area (Å²) < 4.78 is 0. The molecular formula is C18H23ClN2O2. The van der Waals surface area contributed by atoms with E-state index >= 15 is 0 Å². The lowest BCUT2D eigenvalue weighted by molar-refractivity contribution is -0.141. The maximum absolute atomic E-state index is 12.3. The number of nitrogens with one attached hydrogen (secondary N) is 1. The maximum Gasteiger partial charge on any atom is 0.225 e. The third kappa shape index (κ3) is 4.05. The van der Waals surface area contributed by atoms with Crippen LogP contribution in [0.3, 0.4) is 0 Å². The van der Waals surface area contributed by atoms with Crippen LogP contribution in [-0.2, 0) is 16.1 Å². The Bertz CT molecular complexity index is 561. The summed E-state index contributed by atoms with van der Waals surface area (Å²) in [7, 11) is 0. The Kier molecular flexibility index (Phi) is 5.21. The summed E-state index contributed by atoms with van der Waals surface area (Å²) in [6.45, 7) is 1.96. The number of nitrogens with zero attached hydrogens (tertiary/aromatic N) is 1. The van der Waals surface area contributed by atoms with Crippen molar-refractivity contribution in [3.63, 3.8) is 0 Å². The quantitative estimate of drug-likeness (QED) is 0.920. The van der Waals surface area contributed by atoms with Gasteiger partial charge in [-0.05, 0) is 43.4 Å². The topological polar surface area (TPSA) is 49.4 Å². The Balaban J connectivity index is 1.42. The van der Waals surface area contributed by atoms with Crippen molar-refractivity contribution in [2.24, 2.45) is 11.8 Å². The van der Waals surface area contributed by atoms with Crippen molar-refractivity contribution in [1.82, 2.24) is 10.2 Å². The smallest absolute Gasteiger partial charge is 0.225 e. The molecule has 0 spiro atoms. The van der Waals surface area contributed by atoms with Crippen LogP contribution in [0.4, 0.5) is 0 Å². The van der Waals surface area contributed by atoms with Crippen LogP contribution in [0.2, 0.25) is 5.02 Å². The zero-order valence-corrected chi connectivity index (χ0v) is 14.0. The van der Waals surface area contributed by atoms with Gasteiger partial charge in [-0.2, -0.15) is 0 Å². The van der Waals surface area contributed by atoms with Gasteiger partial charge in [0.25, 0.3) is 0 Å². The van der Waals surface area contributed by atoms with E-state index in [-0.39, 0.29) is 17.7 Å². The molecule has 23 heavy (non-hydrogen) atoms. The average Bonchev–Trinajstić information content (AvgIpc) is 2.52. The van der Waals surface area contributed by atoms with Crippen molar-refractivity contribution in [3.05, 3.63) is 34.9 Å². The summed E-state index contributed by atoms with van der Waals surface area (Å²) in [6, 6.07) is 7.49. The number of carbonyl (C=O) groups is 2. The third-order valence-corrected chi connectivity index (χ3v) is 5.26. The van der Waals surface area contributed by atoms with Gasteiger partial charge in [0.2, 0.25) is 11.8 Å². The summed E-state index contributed by atoms with van der Waals surface area (Å²) in [6.07, 6.45) is 4.80. The average molecular weight is 335 g/mol. The van der Waals surface area contributed by atoms with Gasteiger partial charge < -0.3 is 10.2 Å². The van der Waals surface area contributed by atoms with Crippen LogP contribution in [-0.4, -0.2) is 29.8 Å². The van der Waals surface area contributed by atoms with Gasteiger partial charge in [-0.15, -0.1) is 0 Å². The Morgan fingerprint density at radius 2 is 1.70 bits per heavy atom. The summed E-state index contributed by atoms with van der Waals surface area (Å²) in [5.74, 6) is 0.671. The van der Waals surface area contributed by atoms with Crippen molar-refractivity contribution >= 4 is 23.4 Å². The number of amides is 2. The summed E-state index contributed by atoms with van der Waals surface area (Å²) in [4.78, 5) is 26.4. The number of halogens is 1. The molecule has 1 saturated heterocycles. The minimum Gasteiger partial charge on any atom is -0.352 e. The van der Waals surface area contributed by atoms with Gasteiger partial charge in [0.15, 0.2) is 0 Å². The number of carbonyl (C=O) groups excluding carboxylic acids is 2. The van der Waals surface area contributed by atoms with Gasteiger partial charge in [0, 0.05) is 36.5 Å². The third-order valence-electron chi connectivity index (χ3n) is 5.01. The first-order chi connectivity index (χ1) is 11.1. The number of benzene rings is 1. The Morgan fingerprint density at radius 3 is 2.26 bits per heavy atom. The van der Waals surface area contributed by atoms with Gasteiger partial charge in [-0.25, -0.2) is 0 Å². The summed E-state index contributed by atoms with van der Waals surface area (Å²) in [5, 5.41) is 3.69. The van der Waals surface area contributed by atoms with Crippen LogP contribution in [0, 0.1) is 11.8 Å². The van der Waals surface area contributed by atoms with Gasteiger partial charge in [0.1, 0.15) is 0 Å². The van der Waals surface area contributed by atoms with Crippen LogP contribution in [0.15, 0.2) is 24.3 Å². The minimum atomic E-state index is 0.0211. The molecule has 1 N–H and O–H groups in total. The Morgan fingerprint density at radius 1 is 1.04 bits per heavy atom. The molecule has 2 aliphatic rings. The molecule has 0 aromatic heterocycles. The largest absolute Gasteiger partial charge is 0.352 e. The SMILES string of the molecule is O=C(NCc1ccc(Cl)cc1)C1CCN(C(=O)C2CCC2)CC1. The molecule has 2 amide bonds. The van der Waals surface area contributed by atoms with Crippen LogP contribution < -0.4 is 5.32 Å². The van der Waals surface area contributed by atoms with E-state index in [0.29, 0.717) is 30.6 Å². The van der Waals surface area contributed by atoms with Crippen LogP contribution in [0.25, 0.3) is 0 Å². The van der Waals surface area contributed by atoms with Crippen molar-refractivity contribution in [2.75, 3.05) is 13.1 Å². The lowest BCUT2D eigenvalue weighted by atomic mass is 9.83. The van der Waals surface area contributed by atoms with E-state index in [9.17, 15) is 9.59 Å². The zero-order chi connectivity index (χ0) is 16.2. The molecule has 1 aromatic carbocycles. The van der Waals surface area contributed by atoms with Crippen molar-refractivity contribution in [3.8, 4) is 0 Å². The molecule has 1 aliphatic carbocycles. The summed E-state index contributed by atoms with van der Waals surface area (Å²) in [5.41, 5.74) is 1.04. The second-order valence-electron chi connectivity index (χ2n) is 6.57. The number of hydrogen-bond donors (Lipinski definition) is 1. The first-order valence-electron chi connectivity index (χ1n) is 8.44. The molecule has 0 radical (unpaired) electrons. The first kappa shape index (κ1) is 16.3. The number of likely N-dealkylation sites (tertiary alicyclic amines) is 1. The predicted molar refractivity (Wildman–Crippen MR) is 89.9 cm³/mol. The summed E-state index contributed by atoms with van der Waals surface area (Å²) >= 11 is 5.85. The highest BCUT2D eigenvalue weighted by Gasteiger charge is 2.33. The molecule has 0 atom stereocenters. The number of piperidine rings is 1.